The van der Waals surface area contributed by atoms with Crippen LogP contribution in [0.25, 0.3) is 0 Å². The fourth-order valence-corrected chi connectivity index (χ4v) is 9.22. The Kier molecular flexibility index (Phi) is 49.8. The summed E-state index contributed by atoms with van der Waals surface area (Å²) in [5, 5.41) is 14.0. The predicted molar refractivity (Wildman–Crippen MR) is 300 cm³/mol. The molecule has 1 amide bonds. The zero-order valence-electron chi connectivity index (χ0n) is 46.0. The molecule has 3 atom stereocenters. The third-order valence-electron chi connectivity index (χ3n) is 13.0. The summed E-state index contributed by atoms with van der Waals surface area (Å²) in [5.41, 5.74) is 0. The molecule has 9 heteroatoms. The van der Waals surface area contributed by atoms with Crippen molar-refractivity contribution in [1.82, 2.24) is 5.32 Å². The molecule has 0 aromatic rings. The quantitative estimate of drug-likeness (QED) is 0.0243. The number of phosphoric ester groups is 1. The number of hydrogen-bond acceptors (Lipinski definition) is 5. The molecule has 0 aliphatic rings. The summed E-state index contributed by atoms with van der Waals surface area (Å²) in [5.74, 6) is -0.144. The maximum atomic E-state index is 12.9. The van der Waals surface area contributed by atoms with E-state index in [4.69, 9.17) is 9.05 Å². The molecule has 69 heavy (non-hydrogen) atoms. The number of quaternary nitrogens is 1. The minimum absolute atomic E-state index is 0.0751. The third-order valence-corrected chi connectivity index (χ3v) is 14.0. The monoisotopic (exact) mass is 990 g/mol. The van der Waals surface area contributed by atoms with E-state index in [1.54, 1.807) is 0 Å². The number of rotatable bonds is 53. The Hall–Kier alpha value is -1.80. The van der Waals surface area contributed by atoms with Gasteiger partial charge in [0.1, 0.15) is 13.2 Å². The number of carbonyl (C=O) groups is 1. The van der Waals surface area contributed by atoms with Gasteiger partial charge in [-0.3, -0.25) is 13.8 Å². The molecule has 0 saturated carbocycles. The molecule has 8 nitrogen and oxygen atoms in total. The van der Waals surface area contributed by atoms with E-state index in [0.717, 1.165) is 70.6 Å². The van der Waals surface area contributed by atoms with Crippen molar-refractivity contribution in [3.05, 3.63) is 60.8 Å². The van der Waals surface area contributed by atoms with E-state index in [1.807, 2.05) is 21.1 Å². The van der Waals surface area contributed by atoms with Gasteiger partial charge in [0.05, 0.1) is 39.9 Å². The molecule has 0 bridgehead atoms. The van der Waals surface area contributed by atoms with Crippen molar-refractivity contribution in [1.29, 1.82) is 0 Å². The molecule has 0 rings (SSSR count). The minimum Gasteiger partial charge on any atom is -0.391 e. The summed E-state index contributed by atoms with van der Waals surface area (Å²) >= 11 is 0. The Bertz CT molecular complexity index is 1310. The first kappa shape index (κ1) is 67.2. The number of allylic oxidation sites excluding steroid dienone is 10. The Labute approximate surface area is 428 Å². The first-order valence-corrected chi connectivity index (χ1v) is 30.6. The van der Waals surface area contributed by atoms with Gasteiger partial charge in [-0.2, -0.15) is 0 Å². The first-order chi connectivity index (χ1) is 33.5. The first-order valence-electron chi connectivity index (χ1n) is 29.2. The summed E-state index contributed by atoms with van der Waals surface area (Å²) in [6.45, 7) is 4.77. The minimum atomic E-state index is -4.31. The lowest BCUT2D eigenvalue weighted by atomic mass is 10.0. The SMILES string of the molecule is CC/C=C\C/C=C\C/C=C\C/C=C\C/C=C\CCCCCCCCCCCCCCCCCCCCCCCC(=O)NC(COP(=O)(O)OCC[N+](C)(C)C)C(O)CCCCCCCCCCCC. The number of likely N-dealkylation sites (N-methyl/N-ethyl adjacent to an activating group) is 1. The average Bonchev–Trinajstić information content (AvgIpc) is 3.31. The number of nitrogens with zero attached hydrogens (tertiary/aromatic N) is 1. The zero-order chi connectivity index (χ0) is 50.6. The Morgan fingerprint density at radius 3 is 1.28 bits per heavy atom. The van der Waals surface area contributed by atoms with Gasteiger partial charge in [-0.05, 0) is 57.8 Å². The van der Waals surface area contributed by atoms with E-state index in [-0.39, 0.29) is 19.1 Å². The number of hydrogen-bond donors (Lipinski definition) is 3. The largest absolute Gasteiger partial charge is 0.472 e. The molecule has 0 aliphatic heterocycles. The van der Waals surface area contributed by atoms with Crippen LogP contribution >= 0.6 is 7.82 Å². The van der Waals surface area contributed by atoms with Crippen molar-refractivity contribution in [2.45, 2.75) is 276 Å². The zero-order valence-corrected chi connectivity index (χ0v) is 46.9. The normalized spacial score (nSPS) is 14.4. The van der Waals surface area contributed by atoms with E-state index in [1.165, 1.54) is 167 Å². The van der Waals surface area contributed by atoms with E-state index in [9.17, 15) is 19.4 Å². The highest BCUT2D eigenvalue weighted by molar-refractivity contribution is 7.47. The van der Waals surface area contributed by atoms with Gasteiger partial charge < -0.3 is 19.8 Å². The van der Waals surface area contributed by atoms with Gasteiger partial charge in [0.15, 0.2) is 0 Å². The lowest BCUT2D eigenvalue weighted by Crippen LogP contribution is -2.46. The Balaban J connectivity index is 3.87. The van der Waals surface area contributed by atoms with Crippen molar-refractivity contribution in [3.63, 3.8) is 0 Å². The van der Waals surface area contributed by atoms with Gasteiger partial charge in [0, 0.05) is 6.42 Å². The lowest BCUT2D eigenvalue weighted by molar-refractivity contribution is -0.870. The molecule has 0 heterocycles. The summed E-state index contributed by atoms with van der Waals surface area (Å²) in [4.78, 5) is 23.2. The molecular formula is C60H114N2O6P+. The molecule has 0 spiro atoms. The smallest absolute Gasteiger partial charge is 0.391 e. The van der Waals surface area contributed by atoms with Gasteiger partial charge in [-0.25, -0.2) is 4.57 Å². The van der Waals surface area contributed by atoms with Crippen LogP contribution in [0.2, 0.25) is 0 Å². The second-order valence-corrected chi connectivity index (χ2v) is 22.4. The van der Waals surface area contributed by atoms with Crippen LogP contribution in [0.1, 0.15) is 264 Å². The van der Waals surface area contributed by atoms with Crippen LogP contribution in [0, 0.1) is 0 Å². The third kappa shape index (κ3) is 53.8. The van der Waals surface area contributed by atoms with Gasteiger partial charge in [0.2, 0.25) is 5.91 Å². The van der Waals surface area contributed by atoms with E-state index >= 15 is 0 Å². The van der Waals surface area contributed by atoms with Crippen molar-refractivity contribution >= 4 is 13.7 Å². The fourth-order valence-electron chi connectivity index (χ4n) is 8.49. The highest BCUT2D eigenvalue weighted by Crippen LogP contribution is 2.43. The number of aliphatic hydroxyl groups excluding tert-OH is 1. The van der Waals surface area contributed by atoms with Crippen LogP contribution in [-0.2, 0) is 18.4 Å². The maximum Gasteiger partial charge on any atom is 0.472 e. The van der Waals surface area contributed by atoms with Crippen LogP contribution in [0.5, 0.6) is 0 Å². The van der Waals surface area contributed by atoms with Crippen LogP contribution < -0.4 is 5.32 Å². The molecule has 0 aromatic heterocycles. The number of phosphoric acid groups is 1. The van der Waals surface area contributed by atoms with Gasteiger partial charge in [0.25, 0.3) is 0 Å². The summed E-state index contributed by atoms with van der Waals surface area (Å²) in [7, 11) is 1.62. The second-order valence-electron chi connectivity index (χ2n) is 21.0. The molecule has 0 aromatic carbocycles. The standard InChI is InChI=1S/C60H113N2O6P/c1-6-8-10-12-14-16-18-19-20-21-22-23-24-25-26-27-28-29-30-31-32-33-34-35-36-37-38-39-40-41-42-43-44-46-48-50-52-54-60(64)61-58(57-68-69(65,66)67-56-55-62(3,4)5)59(63)53-51-49-47-45-17-15-13-11-9-7-2/h8,10,14,16,19-20,22-23,25-26,58-59,63H,6-7,9,11-13,15,17-18,21,24,27-57H2,1-5H3,(H-,61,64,65,66)/p+1/b10-8-,16-14-,20-19-,23-22-,26-25-. The van der Waals surface area contributed by atoms with E-state index in [2.05, 4.69) is 79.9 Å². The van der Waals surface area contributed by atoms with Crippen molar-refractivity contribution < 1.29 is 32.9 Å². The number of aliphatic hydroxyl groups is 1. The molecule has 3 unspecified atom stereocenters. The summed E-state index contributed by atoms with van der Waals surface area (Å²) < 4.78 is 23.7. The van der Waals surface area contributed by atoms with Crippen LogP contribution in [0.4, 0.5) is 0 Å². The molecule has 0 radical (unpaired) electrons. The highest BCUT2D eigenvalue weighted by atomic mass is 31.2. The van der Waals surface area contributed by atoms with Crippen LogP contribution in [-0.4, -0.2) is 73.4 Å². The summed E-state index contributed by atoms with van der Waals surface area (Å²) in [6, 6.07) is -0.758. The molecule has 0 aliphatic carbocycles. The fraction of sp³-hybridized carbons (Fsp3) is 0.817. The molecule has 3 N–H and O–H groups in total. The van der Waals surface area contributed by atoms with Crippen LogP contribution in [0.15, 0.2) is 60.8 Å². The number of unbranched alkanes of at least 4 members (excludes halogenated alkanes) is 30. The predicted octanol–water partition coefficient (Wildman–Crippen LogP) is 17.7. The molecule has 0 fully saturated rings. The van der Waals surface area contributed by atoms with Gasteiger partial charge in [-0.1, -0.05) is 261 Å². The molecule has 0 saturated heterocycles. The highest BCUT2D eigenvalue weighted by Gasteiger charge is 2.28. The van der Waals surface area contributed by atoms with Crippen LogP contribution in [0.3, 0.4) is 0 Å². The summed E-state index contributed by atoms with van der Waals surface area (Å²) in [6.07, 6.45) is 68.8. The topological polar surface area (TPSA) is 105 Å². The average molecular weight is 991 g/mol. The number of amides is 1. The van der Waals surface area contributed by atoms with Crippen molar-refractivity contribution in [2.24, 2.45) is 0 Å². The van der Waals surface area contributed by atoms with E-state index in [0.29, 0.717) is 23.9 Å². The Morgan fingerprint density at radius 2 is 0.870 bits per heavy atom. The number of carbonyl (C=O) groups excluding carboxylic acids is 1. The molecular weight excluding hydrogens is 876 g/mol. The lowest BCUT2D eigenvalue weighted by Gasteiger charge is -2.26. The van der Waals surface area contributed by atoms with Gasteiger partial charge >= 0.3 is 7.82 Å². The maximum absolute atomic E-state index is 12.9. The van der Waals surface area contributed by atoms with Crippen molar-refractivity contribution in [2.75, 3.05) is 40.9 Å². The molecule has 404 valence electrons. The van der Waals surface area contributed by atoms with E-state index < -0.39 is 20.0 Å². The van der Waals surface area contributed by atoms with Gasteiger partial charge in [-0.15, -0.1) is 0 Å². The Morgan fingerprint density at radius 1 is 0.507 bits per heavy atom. The second kappa shape index (κ2) is 51.1. The van der Waals surface area contributed by atoms with Crippen molar-refractivity contribution in [3.8, 4) is 0 Å². The number of nitrogens with one attached hydrogen (secondary N) is 1.